The standard InChI is InChI=1S/C9H10Br2ClNO2S/c10-9(11,6-7-12)13-16(14,15)8-4-2-1-3-5-8/h1-5,13H,6-7H2. The molecule has 0 aliphatic heterocycles. The van der Waals surface area contributed by atoms with E-state index in [0.29, 0.717) is 12.3 Å². The predicted molar refractivity (Wildman–Crippen MR) is 72.7 cm³/mol. The normalized spacial score (nSPS) is 12.7. The second kappa shape index (κ2) is 5.82. The zero-order valence-electron chi connectivity index (χ0n) is 8.16. The highest BCUT2D eigenvalue weighted by atomic mass is 79.9. The molecule has 3 nitrogen and oxygen atoms in total. The SMILES string of the molecule is O=S(=O)(NC(Br)(Br)CCCl)c1ccccc1. The van der Waals surface area contributed by atoms with E-state index in [4.69, 9.17) is 11.6 Å². The van der Waals surface area contributed by atoms with Crippen molar-refractivity contribution in [1.29, 1.82) is 0 Å². The molecule has 0 atom stereocenters. The Bertz CT molecular complexity index is 436. The molecule has 0 saturated heterocycles. The zero-order valence-corrected chi connectivity index (χ0v) is 12.9. The average Bonchev–Trinajstić information content (AvgIpc) is 2.17. The van der Waals surface area contributed by atoms with Crippen LogP contribution in [-0.2, 0) is 10.0 Å². The van der Waals surface area contributed by atoms with Crippen LogP contribution in [0.5, 0.6) is 0 Å². The molecule has 0 unspecified atom stereocenters. The molecule has 7 heteroatoms. The Balaban J connectivity index is 2.89. The highest BCUT2D eigenvalue weighted by molar-refractivity contribution is 9.25. The van der Waals surface area contributed by atoms with Gasteiger partial charge in [-0.2, -0.15) is 4.72 Å². The van der Waals surface area contributed by atoms with Gasteiger partial charge in [-0.3, -0.25) is 0 Å². The molecule has 1 rings (SSSR count). The lowest BCUT2D eigenvalue weighted by Gasteiger charge is -2.20. The van der Waals surface area contributed by atoms with Crippen molar-refractivity contribution >= 4 is 53.5 Å². The van der Waals surface area contributed by atoms with Crippen LogP contribution in [0.15, 0.2) is 35.2 Å². The predicted octanol–water partition coefficient (Wildman–Crippen LogP) is 3.04. The summed E-state index contributed by atoms with van der Waals surface area (Å²) < 4.78 is 25.4. The van der Waals surface area contributed by atoms with Gasteiger partial charge in [0.2, 0.25) is 10.0 Å². The van der Waals surface area contributed by atoms with Crippen LogP contribution in [0.3, 0.4) is 0 Å². The third-order valence-corrected chi connectivity index (χ3v) is 5.16. The number of benzene rings is 1. The Hall–Kier alpha value is 0.380. The summed E-state index contributed by atoms with van der Waals surface area (Å²) in [6.07, 6.45) is 0.417. The van der Waals surface area contributed by atoms with Crippen LogP contribution in [0.1, 0.15) is 6.42 Å². The molecular weight excluding hydrogens is 381 g/mol. The summed E-state index contributed by atoms with van der Waals surface area (Å²) in [6.45, 7) is 0. The number of hydrogen-bond acceptors (Lipinski definition) is 2. The monoisotopic (exact) mass is 389 g/mol. The van der Waals surface area contributed by atoms with Gasteiger partial charge in [0.1, 0.15) is 3.36 Å². The van der Waals surface area contributed by atoms with E-state index < -0.39 is 13.4 Å². The van der Waals surface area contributed by atoms with E-state index in [0.717, 1.165) is 0 Å². The Morgan fingerprint density at radius 2 is 1.81 bits per heavy atom. The number of hydrogen-bond donors (Lipinski definition) is 1. The molecule has 0 spiro atoms. The van der Waals surface area contributed by atoms with Gasteiger partial charge in [-0.1, -0.05) is 50.1 Å². The fourth-order valence-electron chi connectivity index (χ4n) is 1.02. The first-order chi connectivity index (χ1) is 7.37. The van der Waals surface area contributed by atoms with E-state index in [1.165, 1.54) is 12.1 Å². The summed E-state index contributed by atoms with van der Waals surface area (Å²) in [5.41, 5.74) is 0. The van der Waals surface area contributed by atoms with E-state index in [9.17, 15) is 8.42 Å². The molecule has 0 aliphatic carbocycles. The van der Waals surface area contributed by atoms with Crippen molar-refractivity contribution in [3.63, 3.8) is 0 Å². The van der Waals surface area contributed by atoms with E-state index in [1.807, 2.05) is 0 Å². The molecule has 0 saturated carbocycles. The lowest BCUT2D eigenvalue weighted by Crippen LogP contribution is -2.38. The number of alkyl halides is 3. The van der Waals surface area contributed by atoms with Crippen LogP contribution in [0.25, 0.3) is 0 Å². The van der Waals surface area contributed by atoms with Crippen LogP contribution in [0, 0.1) is 0 Å². The maximum absolute atomic E-state index is 11.9. The lowest BCUT2D eigenvalue weighted by atomic mass is 10.4. The van der Waals surface area contributed by atoms with Gasteiger partial charge in [-0.05, 0) is 12.1 Å². The Labute approximate surface area is 117 Å². The van der Waals surface area contributed by atoms with E-state index >= 15 is 0 Å². The molecule has 0 fully saturated rings. The first kappa shape index (κ1) is 14.4. The van der Waals surface area contributed by atoms with E-state index in [1.54, 1.807) is 18.2 Å². The summed E-state index contributed by atoms with van der Waals surface area (Å²) in [5.74, 6) is 0.327. The highest BCUT2D eigenvalue weighted by Gasteiger charge is 2.28. The Kier molecular flexibility index (Phi) is 5.25. The van der Waals surface area contributed by atoms with Gasteiger partial charge in [0.15, 0.2) is 0 Å². The molecule has 90 valence electrons. The average molecular weight is 392 g/mol. The maximum atomic E-state index is 11.9. The quantitative estimate of drug-likeness (QED) is 0.619. The van der Waals surface area contributed by atoms with E-state index in [2.05, 4.69) is 36.6 Å². The summed E-state index contributed by atoms with van der Waals surface area (Å²) in [5, 5.41) is 0. The summed E-state index contributed by atoms with van der Waals surface area (Å²) in [7, 11) is -3.54. The fourth-order valence-corrected chi connectivity index (χ4v) is 4.57. The second-order valence-corrected chi connectivity index (χ2v) is 8.89. The lowest BCUT2D eigenvalue weighted by molar-refractivity contribution is 0.574. The highest BCUT2D eigenvalue weighted by Crippen LogP contribution is 2.29. The minimum atomic E-state index is -3.54. The zero-order chi connectivity index (χ0) is 12.2. The van der Waals surface area contributed by atoms with E-state index in [-0.39, 0.29) is 4.90 Å². The minimum absolute atomic E-state index is 0.216. The third-order valence-electron chi connectivity index (χ3n) is 1.75. The van der Waals surface area contributed by atoms with Gasteiger partial charge in [0, 0.05) is 12.3 Å². The van der Waals surface area contributed by atoms with Crippen molar-refractivity contribution < 1.29 is 8.42 Å². The number of sulfonamides is 1. The second-order valence-electron chi connectivity index (χ2n) is 3.06. The van der Waals surface area contributed by atoms with Crippen LogP contribution in [-0.4, -0.2) is 17.7 Å². The van der Waals surface area contributed by atoms with Crippen molar-refractivity contribution in [2.75, 3.05) is 5.88 Å². The summed E-state index contributed by atoms with van der Waals surface area (Å²) >= 11 is 12.0. The molecular formula is C9H10Br2ClNO2S. The molecule has 0 heterocycles. The van der Waals surface area contributed by atoms with Gasteiger partial charge < -0.3 is 0 Å². The molecule has 0 bridgehead atoms. The molecule has 1 aromatic rings. The van der Waals surface area contributed by atoms with Crippen molar-refractivity contribution in [3.8, 4) is 0 Å². The van der Waals surface area contributed by atoms with Crippen molar-refractivity contribution in [3.05, 3.63) is 30.3 Å². The molecule has 0 aromatic heterocycles. The molecule has 1 N–H and O–H groups in total. The van der Waals surface area contributed by atoms with Crippen LogP contribution in [0.2, 0.25) is 0 Å². The van der Waals surface area contributed by atoms with Crippen molar-refractivity contribution in [2.45, 2.75) is 14.7 Å². The van der Waals surface area contributed by atoms with Crippen LogP contribution in [0.4, 0.5) is 0 Å². The Morgan fingerprint density at radius 3 is 2.31 bits per heavy atom. The summed E-state index contributed by atoms with van der Waals surface area (Å²) in [4.78, 5) is 0.216. The first-order valence-corrected chi connectivity index (χ1v) is 8.00. The fraction of sp³-hybridized carbons (Fsp3) is 0.333. The summed E-state index contributed by atoms with van der Waals surface area (Å²) in [6, 6.07) is 8.14. The smallest absolute Gasteiger partial charge is 0.207 e. The van der Waals surface area contributed by atoms with Gasteiger partial charge in [-0.25, -0.2) is 8.42 Å². The molecule has 0 amide bonds. The topological polar surface area (TPSA) is 46.2 Å². The minimum Gasteiger partial charge on any atom is -0.207 e. The third kappa shape index (κ3) is 4.33. The number of halogens is 3. The van der Waals surface area contributed by atoms with Gasteiger partial charge in [0.05, 0.1) is 4.90 Å². The molecule has 16 heavy (non-hydrogen) atoms. The number of nitrogens with one attached hydrogen (secondary N) is 1. The first-order valence-electron chi connectivity index (χ1n) is 4.40. The molecule has 1 aromatic carbocycles. The molecule has 0 aliphatic rings. The van der Waals surface area contributed by atoms with Crippen LogP contribution >= 0.6 is 43.5 Å². The largest absolute Gasteiger partial charge is 0.242 e. The Morgan fingerprint density at radius 1 is 1.25 bits per heavy atom. The van der Waals surface area contributed by atoms with Crippen LogP contribution < -0.4 is 4.72 Å². The number of rotatable bonds is 5. The van der Waals surface area contributed by atoms with Crippen molar-refractivity contribution in [2.24, 2.45) is 0 Å². The maximum Gasteiger partial charge on any atom is 0.242 e. The van der Waals surface area contributed by atoms with Gasteiger partial charge in [0.25, 0.3) is 0 Å². The van der Waals surface area contributed by atoms with Gasteiger partial charge in [-0.15, -0.1) is 11.6 Å². The van der Waals surface area contributed by atoms with Gasteiger partial charge >= 0.3 is 0 Å². The molecule has 0 radical (unpaired) electrons. The van der Waals surface area contributed by atoms with Crippen molar-refractivity contribution in [1.82, 2.24) is 4.72 Å².